The van der Waals surface area contributed by atoms with Crippen LogP contribution >= 0.6 is 0 Å². The molecule has 0 spiro atoms. The quantitative estimate of drug-likeness (QED) is 0.714. The average molecular weight is 216 g/mol. The third kappa shape index (κ3) is 6.91. The fourth-order valence-electron chi connectivity index (χ4n) is 1.88. The van der Waals surface area contributed by atoms with E-state index in [2.05, 4.69) is 6.92 Å². The minimum atomic E-state index is 0.363. The molecule has 92 valence electrons. The molecule has 1 N–H and O–H groups in total. The largest absolute Gasteiger partial charge is 0.396 e. The Morgan fingerprint density at radius 2 is 1.73 bits per heavy atom. The Kier molecular flexibility index (Phi) is 10.4. The zero-order chi connectivity index (χ0) is 11.5. The number of rotatable bonds is 5. The van der Waals surface area contributed by atoms with Crippen LogP contribution in [0.5, 0.6) is 0 Å². The van der Waals surface area contributed by atoms with E-state index in [1.807, 2.05) is 13.8 Å². The maximum absolute atomic E-state index is 8.95. The van der Waals surface area contributed by atoms with Gasteiger partial charge in [-0.2, -0.15) is 0 Å². The molecule has 0 radical (unpaired) electrons. The summed E-state index contributed by atoms with van der Waals surface area (Å²) in [5.41, 5.74) is 0. The summed E-state index contributed by atoms with van der Waals surface area (Å²) in [6.45, 7) is 7.47. The molecule has 0 aromatic rings. The van der Waals surface area contributed by atoms with E-state index < -0.39 is 0 Å². The summed E-state index contributed by atoms with van der Waals surface area (Å²) in [5, 5.41) is 8.95. The van der Waals surface area contributed by atoms with Crippen LogP contribution in [0.2, 0.25) is 0 Å². The van der Waals surface area contributed by atoms with Crippen LogP contribution in [-0.2, 0) is 4.74 Å². The first-order valence-corrected chi connectivity index (χ1v) is 6.59. The smallest absolute Gasteiger partial charge is 0.0575 e. The molecule has 15 heavy (non-hydrogen) atoms. The molecule has 0 aromatic heterocycles. The van der Waals surface area contributed by atoms with Gasteiger partial charge in [-0.3, -0.25) is 0 Å². The lowest BCUT2D eigenvalue weighted by Crippen LogP contribution is -2.23. The van der Waals surface area contributed by atoms with Crippen LogP contribution in [0.4, 0.5) is 0 Å². The van der Waals surface area contributed by atoms with Gasteiger partial charge in [0.05, 0.1) is 6.10 Å². The van der Waals surface area contributed by atoms with E-state index in [9.17, 15) is 0 Å². The molecule has 1 rings (SSSR count). The molecule has 1 fully saturated rings. The van der Waals surface area contributed by atoms with Crippen molar-refractivity contribution in [2.45, 2.75) is 65.4 Å². The van der Waals surface area contributed by atoms with Gasteiger partial charge in [0.15, 0.2) is 0 Å². The van der Waals surface area contributed by atoms with E-state index in [-0.39, 0.29) is 0 Å². The lowest BCUT2D eigenvalue weighted by Gasteiger charge is -2.27. The first-order chi connectivity index (χ1) is 7.36. The van der Waals surface area contributed by atoms with Gasteiger partial charge in [-0.1, -0.05) is 27.2 Å². The lowest BCUT2D eigenvalue weighted by molar-refractivity contribution is 0.0102. The van der Waals surface area contributed by atoms with Crippen molar-refractivity contribution in [3.8, 4) is 0 Å². The highest BCUT2D eigenvalue weighted by Gasteiger charge is 2.20. The van der Waals surface area contributed by atoms with Crippen molar-refractivity contribution < 1.29 is 9.84 Å². The Labute approximate surface area is 95.0 Å². The predicted octanol–water partition coefficient (Wildman–Crippen LogP) is 3.38. The minimum absolute atomic E-state index is 0.363. The molecule has 1 aliphatic carbocycles. The van der Waals surface area contributed by atoms with Crippen LogP contribution in [0.3, 0.4) is 0 Å². The van der Waals surface area contributed by atoms with Crippen LogP contribution in [0, 0.1) is 5.92 Å². The van der Waals surface area contributed by atoms with Crippen LogP contribution in [0.15, 0.2) is 0 Å². The molecule has 0 bridgehead atoms. The summed E-state index contributed by atoms with van der Waals surface area (Å²) < 4.78 is 5.73. The number of hydrogen-bond donors (Lipinski definition) is 1. The molecule has 1 aliphatic rings. The second-order valence-corrected chi connectivity index (χ2v) is 4.05. The zero-order valence-electron chi connectivity index (χ0n) is 10.7. The van der Waals surface area contributed by atoms with Gasteiger partial charge >= 0.3 is 0 Å². The lowest BCUT2D eigenvalue weighted by atomic mass is 9.88. The number of aliphatic hydroxyl groups excluding tert-OH is 1. The van der Waals surface area contributed by atoms with E-state index in [0.29, 0.717) is 18.6 Å². The highest BCUT2D eigenvalue weighted by molar-refractivity contribution is 4.71. The van der Waals surface area contributed by atoms with Crippen molar-refractivity contribution in [3.05, 3.63) is 0 Å². The molecule has 0 aromatic carbocycles. The fraction of sp³-hybridized carbons (Fsp3) is 1.00. The SMILES string of the molecule is CC.CCCCOC1CCC(CO)CC1. The zero-order valence-corrected chi connectivity index (χ0v) is 10.7. The Bertz CT molecular complexity index is 115. The van der Waals surface area contributed by atoms with Gasteiger partial charge in [0.25, 0.3) is 0 Å². The second kappa shape index (κ2) is 10.4. The molecule has 0 aliphatic heterocycles. The summed E-state index contributed by atoms with van der Waals surface area (Å²) in [6, 6.07) is 0. The van der Waals surface area contributed by atoms with Gasteiger partial charge in [-0.05, 0) is 38.0 Å². The first-order valence-electron chi connectivity index (χ1n) is 6.59. The molecule has 0 amide bonds. The predicted molar refractivity (Wildman–Crippen MR) is 65.0 cm³/mol. The summed E-state index contributed by atoms with van der Waals surface area (Å²) in [4.78, 5) is 0. The molecule has 0 unspecified atom stereocenters. The van der Waals surface area contributed by atoms with Crippen molar-refractivity contribution in [1.82, 2.24) is 0 Å². The molecule has 0 atom stereocenters. The molecule has 0 heterocycles. The molecule has 2 nitrogen and oxygen atoms in total. The Hall–Kier alpha value is -0.0800. The molecule has 1 saturated carbocycles. The Morgan fingerprint density at radius 1 is 1.13 bits per heavy atom. The van der Waals surface area contributed by atoms with E-state index in [4.69, 9.17) is 9.84 Å². The number of hydrogen-bond acceptors (Lipinski definition) is 2. The number of aliphatic hydroxyl groups is 1. The van der Waals surface area contributed by atoms with Crippen LogP contribution in [-0.4, -0.2) is 24.4 Å². The van der Waals surface area contributed by atoms with Gasteiger partial charge in [-0.15, -0.1) is 0 Å². The third-order valence-corrected chi connectivity index (χ3v) is 2.90. The fourth-order valence-corrected chi connectivity index (χ4v) is 1.88. The van der Waals surface area contributed by atoms with E-state index >= 15 is 0 Å². The van der Waals surface area contributed by atoms with Crippen molar-refractivity contribution in [2.24, 2.45) is 5.92 Å². The standard InChI is InChI=1S/C11H22O2.C2H6/c1-2-3-8-13-11-6-4-10(9-12)5-7-11;1-2/h10-12H,2-9H2,1H3;1-2H3. The maximum atomic E-state index is 8.95. The molecular weight excluding hydrogens is 188 g/mol. The van der Waals surface area contributed by atoms with Crippen molar-refractivity contribution >= 4 is 0 Å². The van der Waals surface area contributed by atoms with Crippen LogP contribution in [0.1, 0.15) is 59.3 Å². The van der Waals surface area contributed by atoms with Gasteiger partial charge in [0, 0.05) is 13.2 Å². The highest BCUT2D eigenvalue weighted by atomic mass is 16.5. The van der Waals surface area contributed by atoms with Gasteiger partial charge in [0.2, 0.25) is 0 Å². The highest BCUT2D eigenvalue weighted by Crippen LogP contribution is 2.25. The summed E-state index contributed by atoms with van der Waals surface area (Å²) in [5.74, 6) is 0.547. The second-order valence-electron chi connectivity index (χ2n) is 4.05. The number of unbranched alkanes of at least 4 members (excludes halogenated alkanes) is 1. The average Bonchev–Trinajstić information content (AvgIpc) is 2.33. The normalized spacial score (nSPS) is 25.6. The summed E-state index contributed by atoms with van der Waals surface area (Å²) in [7, 11) is 0. The Balaban J connectivity index is 0.000000921. The molecule has 2 heteroatoms. The van der Waals surface area contributed by atoms with Crippen molar-refractivity contribution in [2.75, 3.05) is 13.2 Å². The van der Waals surface area contributed by atoms with Gasteiger partial charge in [0.1, 0.15) is 0 Å². The summed E-state index contributed by atoms with van der Waals surface area (Å²) in [6.07, 6.45) is 7.46. The minimum Gasteiger partial charge on any atom is -0.396 e. The molecular formula is C13H28O2. The van der Waals surface area contributed by atoms with Crippen LogP contribution < -0.4 is 0 Å². The van der Waals surface area contributed by atoms with Gasteiger partial charge < -0.3 is 9.84 Å². The maximum Gasteiger partial charge on any atom is 0.0575 e. The first kappa shape index (κ1) is 14.9. The summed E-state index contributed by atoms with van der Waals surface area (Å²) >= 11 is 0. The third-order valence-electron chi connectivity index (χ3n) is 2.90. The topological polar surface area (TPSA) is 29.5 Å². The van der Waals surface area contributed by atoms with Crippen molar-refractivity contribution in [1.29, 1.82) is 0 Å². The van der Waals surface area contributed by atoms with E-state index in [0.717, 1.165) is 32.3 Å². The van der Waals surface area contributed by atoms with Crippen molar-refractivity contribution in [3.63, 3.8) is 0 Å². The van der Waals surface area contributed by atoms with Crippen LogP contribution in [0.25, 0.3) is 0 Å². The van der Waals surface area contributed by atoms with E-state index in [1.165, 1.54) is 12.8 Å². The molecule has 0 saturated heterocycles. The number of ether oxygens (including phenoxy) is 1. The van der Waals surface area contributed by atoms with E-state index in [1.54, 1.807) is 0 Å². The Morgan fingerprint density at radius 3 is 2.20 bits per heavy atom. The van der Waals surface area contributed by atoms with Gasteiger partial charge in [-0.25, -0.2) is 0 Å². The monoisotopic (exact) mass is 216 g/mol.